The third-order valence-corrected chi connectivity index (χ3v) is 6.14. The first-order chi connectivity index (χ1) is 15.9. The Morgan fingerprint density at radius 2 is 2.03 bits per heavy atom. The number of hydrogen-bond donors (Lipinski definition) is 2. The van der Waals surface area contributed by atoms with E-state index in [2.05, 4.69) is 37.3 Å². The predicted octanol–water partition coefficient (Wildman–Crippen LogP) is 2.10. The number of aromatic nitrogens is 6. The van der Waals surface area contributed by atoms with E-state index in [-0.39, 0.29) is 23.8 Å². The molecule has 1 saturated heterocycles. The lowest BCUT2D eigenvalue weighted by Gasteiger charge is -2.41. The maximum absolute atomic E-state index is 13.6. The first kappa shape index (κ1) is 20.9. The maximum atomic E-state index is 13.6. The van der Waals surface area contributed by atoms with Crippen molar-refractivity contribution in [2.75, 3.05) is 35.6 Å². The summed E-state index contributed by atoms with van der Waals surface area (Å²) in [6.07, 6.45) is 2.55. The molecule has 0 saturated carbocycles. The minimum absolute atomic E-state index is 0.0387. The Morgan fingerprint density at radius 3 is 2.82 bits per heavy atom. The first-order valence-electron chi connectivity index (χ1n) is 10.8. The lowest BCUT2D eigenvalue weighted by Crippen LogP contribution is -2.56. The highest BCUT2D eigenvalue weighted by Crippen LogP contribution is 2.29. The van der Waals surface area contributed by atoms with Crippen molar-refractivity contribution < 1.29 is 9.18 Å². The molecule has 4 heterocycles. The molecular weight excluding hydrogens is 427 g/mol. The molecule has 1 aliphatic rings. The van der Waals surface area contributed by atoms with Crippen LogP contribution in [0.25, 0.3) is 21.9 Å². The second-order valence-corrected chi connectivity index (χ2v) is 8.18. The van der Waals surface area contributed by atoms with Crippen molar-refractivity contribution in [3.8, 4) is 0 Å². The van der Waals surface area contributed by atoms with Crippen molar-refractivity contribution in [3.05, 3.63) is 30.2 Å². The summed E-state index contributed by atoms with van der Waals surface area (Å²) < 4.78 is 16.8. The van der Waals surface area contributed by atoms with Crippen LogP contribution in [0.1, 0.15) is 13.3 Å². The molecule has 3 N–H and O–H groups in total. The van der Waals surface area contributed by atoms with E-state index < -0.39 is 0 Å². The van der Waals surface area contributed by atoms with E-state index in [1.54, 1.807) is 33.6 Å². The van der Waals surface area contributed by atoms with Gasteiger partial charge >= 0.3 is 6.03 Å². The minimum Gasteiger partial charge on any atom is -0.368 e. The summed E-state index contributed by atoms with van der Waals surface area (Å²) in [6, 6.07) is 4.18. The summed E-state index contributed by atoms with van der Waals surface area (Å²) in [4.78, 5) is 25.8. The summed E-state index contributed by atoms with van der Waals surface area (Å²) in [5, 5.41) is 13.1. The normalized spacial score (nSPS) is 16.7. The Kier molecular flexibility index (Phi) is 4.99. The van der Waals surface area contributed by atoms with Gasteiger partial charge < -0.3 is 15.5 Å². The molecule has 0 spiro atoms. The van der Waals surface area contributed by atoms with E-state index in [1.807, 2.05) is 7.05 Å². The number of hydrogen-bond acceptors (Lipinski definition) is 7. The summed E-state index contributed by atoms with van der Waals surface area (Å²) in [5.74, 6) is 0.983. The summed E-state index contributed by atoms with van der Waals surface area (Å²) >= 11 is 0. The number of piperazine rings is 1. The van der Waals surface area contributed by atoms with Gasteiger partial charge in [0.2, 0.25) is 5.95 Å². The molecular formula is C21H25FN10O. The smallest absolute Gasteiger partial charge is 0.323 e. The van der Waals surface area contributed by atoms with Gasteiger partial charge in [-0.25, -0.2) is 9.18 Å². The largest absolute Gasteiger partial charge is 0.368 e. The maximum Gasteiger partial charge on any atom is 0.323 e. The van der Waals surface area contributed by atoms with Gasteiger partial charge in [0.1, 0.15) is 11.6 Å². The van der Waals surface area contributed by atoms with E-state index in [9.17, 15) is 9.18 Å². The molecule has 12 heteroatoms. The molecule has 3 aromatic heterocycles. The average molecular weight is 452 g/mol. The van der Waals surface area contributed by atoms with Crippen LogP contribution in [-0.4, -0.2) is 66.1 Å². The highest BCUT2D eigenvalue weighted by molar-refractivity contribution is 5.99. The van der Waals surface area contributed by atoms with Crippen LogP contribution < -0.4 is 16.0 Å². The molecule has 1 aliphatic heterocycles. The standard InChI is InChI=1S/C21H25FN10O/c1-4-13-11-31(21(33)25-17-14-6-5-12(22)9-16(14)29(2)28-17)7-8-32(13)19-15-10-24-30(3)18(15)26-20(23)27-19/h5-6,9-10,13H,4,7-8,11H2,1-3H3,(H2,23,26,27)(H,25,28,33)/t13-/m0/s1. The SMILES string of the molecule is CC[C@H]1CN(C(=O)Nc2nn(C)c3cc(F)ccc23)CCN1c1nc(N)nc2c1cnn2C. The molecule has 0 bridgehead atoms. The number of urea groups is 1. The molecule has 4 aromatic rings. The summed E-state index contributed by atoms with van der Waals surface area (Å²) in [7, 11) is 3.53. The Balaban J connectivity index is 1.37. The minimum atomic E-state index is -0.349. The molecule has 172 valence electrons. The first-order valence-corrected chi connectivity index (χ1v) is 10.8. The number of carbonyl (C=O) groups is 1. The lowest BCUT2D eigenvalue weighted by atomic mass is 10.1. The van der Waals surface area contributed by atoms with Gasteiger partial charge in [-0.15, -0.1) is 0 Å². The number of nitrogens with zero attached hydrogens (tertiary/aromatic N) is 8. The highest BCUT2D eigenvalue weighted by Gasteiger charge is 2.31. The number of rotatable bonds is 3. The highest BCUT2D eigenvalue weighted by atomic mass is 19.1. The number of carbonyl (C=O) groups excluding carboxylic acids is 1. The van der Waals surface area contributed by atoms with Gasteiger partial charge in [0.15, 0.2) is 11.5 Å². The summed E-state index contributed by atoms with van der Waals surface area (Å²) in [6.45, 7) is 3.66. The topological polar surface area (TPSA) is 123 Å². The third kappa shape index (κ3) is 3.56. The number of halogens is 1. The van der Waals surface area contributed by atoms with E-state index >= 15 is 0 Å². The van der Waals surface area contributed by atoms with Crippen molar-refractivity contribution in [1.29, 1.82) is 0 Å². The molecule has 2 amide bonds. The Bertz CT molecular complexity index is 1360. The monoisotopic (exact) mass is 452 g/mol. The van der Waals surface area contributed by atoms with Crippen LogP contribution in [0.2, 0.25) is 0 Å². The average Bonchev–Trinajstić information content (AvgIpc) is 3.32. The van der Waals surface area contributed by atoms with Gasteiger partial charge in [0, 0.05) is 45.2 Å². The molecule has 0 radical (unpaired) electrons. The van der Waals surface area contributed by atoms with Gasteiger partial charge in [0.05, 0.1) is 17.1 Å². The molecule has 0 unspecified atom stereocenters. The molecule has 1 aromatic carbocycles. The lowest BCUT2D eigenvalue weighted by molar-refractivity contribution is 0.197. The number of amides is 2. The van der Waals surface area contributed by atoms with Crippen molar-refractivity contribution in [3.63, 3.8) is 0 Å². The number of aryl methyl sites for hydroxylation is 2. The van der Waals surface area contributed by atoms with Crippen molar-refractivity contribution in [1.82, 2.24) is 34.4 Å². The van der Waals surface area contributed by atoms with Crippen molar-refractivity contribution >= 4 is 45.6 Å². The Hall–Kier alpha value is -3.96. The fourth-order valence-corrected chi connectivity index (χ4v) is 4.41. The van der Waals surface area contributed by atoms with Gasteiger partial charge in [-0.2, -0.15) is 20.2 Å². The molecule has 0 aliphatic carbocycles. The van der Waals surface area contributed by atoms with Crippen LogP contribution in [0.15, 0.2) is 24.4 Å². The number of nitrogens with one attached hydrogen (secondary N) is 1. The Morgan fingerprint density at radius 1 is 1.21 bits per heavy atom. The van der Waals surface area contributed by atoms with E-state index in [4.69, 9.17) is 5.73 Å². The van der Waals surface area contributed by atoms with Gasteiger partial charge in [-0.1, -0.05) is 6.92 Å². The second kappa shape index (κ2) is 7.87. The number of fused-ring (bicyclic) bond motifs is 2. The third-order valence-electron chi connectivity index (χ3n) is 6.14. The second-order valence-electron chi connectivity index (χ2n) is 8.18. The van der Waals surface area contributed by atoms with E-state index in [1.165, 1.54) is 12.1 Å². The number of nitrogens with two attached hydrogens (primary N) is 1. The zero-order valence-electron chi connectivity index (χ0n) is 18.7. The zero-order valence-corrected chi connectivity index (χ0v) is 18.7. The van der Waals surface area contributed by atoms with Crippen LogP contribution >= 0.6 is 0 Å². The molecule has 1 fully saturated rings. The van der Waals surface area contributed by atoms with Crippen LogP contribution in [0.4, 0.5) is 26.8 Å². The molecule has 33 heavy (non-hydrogen) atoms. The van der Waals surface area contributed by atoms with Crippen LogP contribution in [0.3, 0.4) is 0 Å². The molecule has 5 rings (SSSR count). The van der Waals surface area contributed by atoms with Gasteiger partial charge in [-0.05, 0) is 24.6 Å². The zero-order chi connectivity index (χ0) is 23.3. The molecule has 1 atom stereocenters. The quantitative estimate of drug-likeness (QED) is 0.488. The summed E-state index contributed by atoms with van der Waals surface area (Å²) in [5.41, 5.74) is 7.25. The van der Waals surface area contributed by atoms with E-state index in [0.29, 0.717) is 42.0 Å². The number of anilines is 3. The van der Waals surface area contributed by atoms with Crippen LogP contribution in [0.5, 0.6) is 0 Å². The fraction of sp³-hybridized carbons (Fsp3) is 0.381. The number of nitrogen functional groups attached to an aromatic ring is 1. The van der Waals surface area contributed by atoms with Crippen molar-refractivity contribution in [2.24, 2.45) is 14.1 Å². The van der Waals surface area contributed by atoms with Crippen LogP contribution in [-0.2, 0) is 14.1 Å². The Labute approximate surface area is 189 Å². The van der Waals surface area contributed by atoms with E-state index in [0.717, 1.165) is 17.6 Å². The van der Waals surface area contributed by atoms with Gasteiger partial charge in [-0.3, -0.25) is 14.7 Å². The predicted molar refractivity (Wildman–Crippen MR) is 123 cm³/mol. The van der Waals surface area contributed by atoms with Gasteiger partial charge in [0.25, 0.3) is 0 Å². The van der Waals surface area contributed by atoms with Crippen molar-refractivity contribution in [2.45, 2.75) is 19.4 Å². The van der Waals surface area contributed by atoms with Crippen LogP contribution in [0, 0.1) is 5.82 Å². The molecule has 11 nitrogen and oxygen atoms in total. The number of benzene rings is 1. The fourth-order valence-electron chi connectivity index (χ4n) is 4.41.